The number of piperidine rings is 1. The fraction of sp³-hybridized carbons (Fsp3) is 0.579. The molecule has 2 amide bonds. The summed E-state index contributed by atoms with van der Waals surface area (Å²) in [6.45, 7) is 2.61. The molecule has 3 rings (SSSR count). The third-order valence-corrected chi connectivity index (χ3v) is 7.75. The molecule has 0 spiro atoms. The number of sulfone groups is 1. The monoisotopic (exact) mass is 394 g/mol. The molecule has 2 aliphatic rings. The van der Waals surface area contributed by atoms with Crippen molar-refractivity contribution in [2.75, 3.05) is 18.4 Å². The van der Waals surface area contributed by atoms with Crippen LogP contribution in [-0.4, -0.2) is 48.8 Å². The van der Waals surface area contributed by atoms with Crippen LogP contribution in [0.2, 0.25) is 0 Å². The Balaban J connectivity index is 1.65. The number of amides is 2. The minimum atomic E-state index is -3.32. The van der Waals surface area contributed by atoms with Gasteiger partial charge in [-0.25, -0.2) is 13.2 Å². The molecule has 1 heterocycles. The van der Waals surface area contributed by atoms with Crippen molar-refractivity contribution in [2.45, 2.75) is 49.2 Å². The van der Waals surface area contributed by atoms with Gasteiger partial charge in [0, 0.05) is 18.8 Å². The van der Waals surface area contributed by atoms with Gasteiger partial charge >= 0.3 is 12.0 Å². The number of carboxylic acid groups (broad SMARTS) is 1. The van der Waals surface area contributed by atoms with Gasteiger partial charge in [0.1, 0.15) is 0 Å². The highest BCUT2D eigenvalue weighted by Crippen LogP contribution is 2.30. The molecular weight excluding hydrogens is 368 g/mol. The van der Waals surface area contributed by atoms with E-state index in [2.05, 4.69) is 5.32 Å². The van der Waals surface area contributed by atoms with Gasteiger partial charge in [-0.15, -0.1) is 0 Å². The Labute approximate surface area is 159 Å². The number of nitrogens with one attached hydrogen (secondary N) is 1. The minimum absolute atomic E-state index is 0.115. The number of carbonyl (C=O) groups is 2. The quantitative estimate of drug-likeness (QED) is 0.817. The van der Waals surface area contributed by atoms with Crippen molar-refractivity contribution < 1.29 is 23.1 Å². The molecule has 0 aromatic heterocycles. The molecule has 8 heteroatoms. The third-order valence-electron chi connectivity index (χ3n) is 5.47. The van der Waals surface area contributed by atoms with Gasteiger partial charge in [0.15, 0.2) is 9.84 Å². The van der Waals surface area contributed by atoms with Crippen LogP contribution in [0.5, 0.6) is 0 Å². The molecule has 1 aromatic carbocycles. The Bertz CT molecular complexity index is 800. The highest BCUT2D eigenvalue weighted by Gasteiger charge is 2.32. The summed E-state index contributed by atoms with van der Waals surface area (Å²) in [6, 6.07) is 5.87. The summed E-state index contributed by atoms with van der Waals surface area (Å²) < 4.78 is 25.2. The van der Waals surface area contributed by atoms with Gasteiger partial charge in [-0.3, -0.25) is 4.79 Å². The second kappa shape index (κ2) is 7.88. The topological polar surface area (TPSA) is 104 Å². The van der Waals surface area contributed by atoms with Gasteiger partial charge in [0.25, 0.3) is 0 Å². The standard InChI is InChI=1S/C19H26N2O5S/c1-13-10-14(18(22)23)12-21(11-13)19(24)20-15-6-8-17(9-7-15)27(25,26)16-4-2-3-5-16/h6-9,13-14,16H,2-5,10-12H2,1H3,(H,20,24)(H,22,23). The van der Waals surface area contributed by atoms with E-state index in [1.807, 2.05) is 6.92 Å². The van der Waals surface area contributed by atoms with E-state index in [9.17, 15) is 23.1 Å². The number of aliphatic carboxylic acids is 1. The summed E-state index contributed by atoms with van der Waals surface area (Å²) in [5.74, 6) is -1.33. The molecule has 1 aromatic rings. The van der Waals surface area contributed by atoms with Crippen LogP contribution in [-0.2, 0) is 14.6 Å². The second-order valence-corrected chi connectivity index (χ2v) is 9.92. The first-order valence-corrected chi connectivity index (χ1v) is 10.9. The number of likely N-dealkylation sites (tertiary alicyclic amines) is 1. The van der Waals surface area contributed by atoms with Gasteiger partial charge in [-0.05, 0) is 49.4 Å². The summed E-state index contributed by atoms with van der Waals surface area (Å²) in [4.78, 5) is 25.5. The van der Waals surface area contributed by atoms with E-state index < -0.39 is 21.7 Å². The van der Waals surface area contributed by atoms with E-state index in [0.717, 1.165) is 12.8 Å². The summed E-state index contributed by atoms with van der Waals surface area (Å²) in [6.07, 6.45) is 3.87. The zero-order chi connectivity index (χ0) is 19.6. The Kier molecular flexibility index (Phi) is 5.74. The van der Waals surface area contributed by atoms with Crippen LogP contribution in [0, 0.1) is 11.8 Å². The van der Waals surface area contributed by atoms with Crippen molar-refractivity contribution in [3.8, 4) is 0 Å². The molecule has 0 bridgehead atoms. The maximum atomic E-state index is 12.6. The predicted octanol–water partition coefficient (Wildman–Crippen LogP) is 2.98. The van der Waals surface area contributed by atoms with Crippen molar-refractivity contribution >= 4 is 27.5 Å². The number of rotatable bonds is 4. The van der Waals surface area contributed by atoms with Crippen molar-refractivity contribution in [3.05, 3.63) is 24.3 Å². The lowest BCUT2D eigenvalue weighted by molar-refractivity contribution is -0.143. The zero-order valence-electron chi connectivity index (χ0n) is 15.4. The number of carboxylic acids is 1. The molecule has 1 saturated carbocycles. The molecule has 2 atom stereocenters. The Morgan fingerprint density at radius 3 is 2.33 bits per heavy atom. The molecule has 148 valence electrons. The van der Waals surface area contributed by atoms with E-state index >= 15 is 0 Å². The van der Waals surface area contributed by atoms with Crippen LogP contribution in [0.15, 0.2) is 29.2 Å². The average molecular weight is 394 g/mol. The first-order chi connectivity index (χ1) is 12.8. The molecule has 2 unspecified atom stereocenters. The molecule has 1 aliphatic carbocycles. The molecule has 2 N–H and O–H groups in total. The van der Waals surface area contributed by atoms with E-state index in [1.54, 1.807) is 12.1 Å². The highest BCUT2D eigenvalue weighted by molar-refractivity contribution is 7.92. The van der Waals surface area contributed by atoms with E-state index in [4.69, 9.17) is 0 Å². The van der Waals surface area contributed by atoms with Crippen molar-refractivity contribution in [3.63, 3.8) is 0 Å². The number of benzene rings is 1. The largest absolute Gasteiger partial charge is 0.481 e. The van der Waals surface area contributed by atoms with Crippen LogP contribution >= 0.6 is 0 Å². The maximum Gasteiger partial charge on any atom is 0.321 e. The fourth-order valence-electron chi connectivity index (χ4n) is 4.02. The zero-order valence-corrected chi connectivity index (χ0v) is 16.2. The molecule has 27 heavy (non-hydrogen) atoms. The molecular formula is C19H26N2O5S. The minimum Gasteiger partial charge on any atom is -0.481 e. The summed E-state index contributed by atoms with van der Waals surface area (Å²) in [5.41, 5.74) is 0.496. The lowest BCUT2D eigenvalue weighted by Crippen LogP contribution is -2.47. The normalized spacial score (nSPS) is 24.0. The molecule has 1 aliphatic heterocycles. The predicted molar refractivity (Wildman–Crippen MR) is 101 cm³/mol. The number of nitrogens with zero attached hydrogens (tertiary/aromatic N) is 1. The van der Waals surface area contributed by atoms with E-state index in [0.29, 0.717) is 31.5 Å². The second-order valence-electron chi connectivity index (χ2n) is 7.69. The molecule has 0 radical (unpaired) electrons. The number of hydrogen-bond donors (Lipinski definition) is 2. The first-order valence-electron chi connectivity index (χ1n) is 9.40. The number of anilines is 1. The Morgan fingerprint density at radius 2 is 1.74 bits per heavy atom. The smallest absolute Gasteiger partial charge is 0.321 e. The van der Waals surface area contributed by atoms with Gasteiger partial charge in [0.2, 0.25) is 0 Å². The van der Waals surface area contributed by atoms with Crippen LogP contribution in [0.3, 0.4) is 0 Å². The maximum absolute atomic E-state index is 12.6. The van der Waals surface area contributed by atoms with Crippen LogP contribution < -0.4 is 5.32 Å². The fourth-order valence-corrected chi connectivity index (χ4v) is 5.87. The summed E-state index contributed by atoms with van der Waals surface area (Å²) in [5, 5.41) is 11.7. The molecule has 7 nitrogen and oxygen atoms in total. The Hall–Kier alpha value is -2.09. The average Bonchev–Trinajstić information content (AvgIpc) is 3.17. The molecule has 2 fully saturated rings. The lowest BCUT2D eigenvalue weighted by atomic mass is 9.91. The van der Waals surface area contributed by atoms with Crippen LogP contribution in [0.25, 0.3) is 0 Å². The van der Waals surface area contributed by atoms with E-state index in [-0.39, 0.29) is 28.6 Å². The van der Waals surface area contributed by atoms with E-state index in [1.165, 1.54) is 17.0 Å². The van der Waals surface area contributed by atoms with Crippen molar-refractivity contribution in [1.82, 2.24) is 4.90 Å². The van der Waals surface area contributed by atoms with Gasteiger partial charge in [-0.2, -0.15) is 0 Å². The number of carbonyl (C=O) groups excluding carboxylic acids is 1. The van der Waals surface area contributed by atoms with Crippen LogP contribution in [0.4, 0.5) is 10.5 Å². The first kappa shape index (κ1) is 19.7. The van der Waals surface area contributed by atoms with Gasteiger partial charge < -0.3 is 15.3 Å². The molecule has 1 saturated heterocycles. The Morgan fingerprint density at radius 1 is 1.11 bits per heavy atom. The number of urea groups is 1. The third kappa shape index (κ3) is 4.43. The number of hydrogen-bond acceptors (Lipinski definition) is 4. The van der Waals surface area contributed by atoms with Gasteiger partial charge in [0.05, 0.1) is 16.1 Å². The summed E-state index contributed by atoms with van der Waals surface area (Å²) >= 11 is 0. The SMILES string of the molecule is CC1CC(C(=O)O)CN(C(=O)Nc2ccc(S(=O)(=O)C3CCCC3)cc2)C1. The van der Waals surface area contributed by atoms with Crippen molar-refractivity contribution in [2.24, 2.45) is 11.8 Å². The lowest BCUT2D eigenvalue weighted by Gasteiger charge is -2.34. The van der Waals surface area contributed by atoms with Crippen LogP contribution in [0.1, 0.15) is 39.0 Å². The highest BCUT2D eigenvalue weighted by atomic mass is 32.2. The summed E-state index contributed by atoms with van der Waals surface area (Å²) in [7, 11) is -3.32. The van der Waals surface area contributed by atoms with Crippen molar-refractivity contribution in [1.29, 1.82) is 0 Å². The van der Waals surface area contributed by atoms with Gasteiger partial charge in [-0.1, -0.05) is 19.8 Å².